The molecule has 0 bridgehead atoms. The number of amides is 1. The largest absolute Gasteiger partial charge is 0.493 e. The van der Waals surface area contributed by atoms with Gasteiger partial charge >= 0.3 is 11.7 Å². The molecule has 0 radical (unpaired) electrons. The number of aryl methyl sites for hydroxylation is 1. The van der Waals surface area contributed by atoms with Crippen molar-refractivity contribution in [1.82, 2.24) is 0 Å². The van der Waals surface area contributed by atoms with Crippen LogP contribution in [0.2, 0.25) is 0 Å². The third-order valence-electron chi connectivity index (χ3n) is 3.95. The van der Waals surface area contributed by atoms with Gasteiger partial charge in [0, 0.05) is 17.8 Å². The monoisotopic (exact) mass is 404 g/mol. The summed E-state index contributed by atoms with van der Waals surface area (Å²) in [5.74, 6) is -0.542. The zero-order valence-electron chi connectivity index (χ0n) is 16.3. The van der Waals surface area contributed by atoms with E-state index in [9.17, 15) is 19.7 Å². The molecule has 0 fully saturated rings. The van der Waals surface area contributed by atoms with Gasteiger partial charge in [0.1, 0.15) is 0 Å². The number of methoxy groups -OCH3 is 3. The van der Waals surface area contributed by atoms with Crippen LogP contribution in [0.4, 0.5) is 11.4 Å². The molecule has 0 atom stereocenters. The van der Waals surface area contributed by atoms with Crippen LogP contribution >= 0.6 is 0 Å². The lowest BCUT2D eigenvalue weighted by Gasteiger charge is -2.12. The third-order valence-corrected chi connectivity index (χ3v) is 3.95. The first kappa shape index (κ1) is 21.5. The number of nitro groups is 1. The summed E-state index contributed by atoms with van der Waals surface area (Å²) in [4.78, 5) is 34.7. The minimum atomic E-state index is -0.723. The van der Waals surface area contributed by atoms with Gasteiger partial charge in [-0.05, 0) is 30.7 Å². The van der Waals surface area contributed by atoms with Crippen LogP contribution in [0.25, 0.3) is 0 Å². The molecule has 0 spiro atoms. The Morgan fingerprint density at radius 2 is 1.66 bits per heavy atom. The van der Waals surface area contributed by atoms with E-state index in [4.69, 9.17) is 18.9 Å². The summed E-state index contributed by atoms with van der Waals surface area (Å²) in [5.41, 5.74) is 0.725. The molecule has 0 unspecified atom stereocenters. The summed E-state index contributed by atoms with van der Waals surface area (Å²) in [6, 6.07) is 7.07. The fourth-order valence-corrected chi connectivity index (χ4v) is 2.48. The SMILES string of the molecule is COc1ccc(C(=O)OCC(=O)Nc2cc(OC)c([N+](=O)[O-])cc2C)cc1OC. The van der Waals surface area contributed by atoms with E-state index in [0.717, 1.165) is 0 Å². The molecule has 0 aliphatic heterocycles. The first-order valence-corrected chi connectivity index (χ1v) is 8.32. The lowest BCUT2D eigenvalue weighted by molar-refractivity contribution is -0.385. The summed E-state index contributed by atoms with van der Waals surface area (Å²) in [5, 5.41) is 13.6. The van der Waals surface area contributed by atoms with Crippen LogP contribution in [0, 0.1) is 17.0 Å². The Morgan fingerprint density at radius 1 is 1.00 bits per heavy atom. The number of carbonyl (C=O) groups is 2. The number of esters is 1. The predicted molar refractivity (Wildman–Crippen MR) is 103 cm³/mol. The smallest absolute Gasteiger partial charge is 0.338 e. The topological polar surface area (TPSA) is 126 Å². The van der Waals surface area contributed by atoms with E-state index in [1.807, 2.05) is 0 Å². The van der Waals surface area contributed by atoms with Gasteiger partial charge in [0.25, 0.3) is 5.91 Å². The van der Waals surface area contributed by atoms with Crippen molar-refractivity contribution >= 4 is 23.3 Å². The number of hydrogen-bond acceptors (Lipinski definition) is 8. The van der Waals surface area contributed by atoms with E-state index in [2.05, 4.69) is 5.32 Å². The number of nitro benzene ring substituents is 1. The number of nitrogens with zero attached hydrogens (tertiary/aromatic N) is 1. The highest BCUT2D eigenvalue weighted by Gasteiger charge is 2.19. The van der Waals surface area contributed by atoms with Gasteiger partial charge in [-0.1, -0.05) is 0 Å². The van der Waals surface area contributed by atoms with Gasteiger partial charge in [0.05, 0.1) is 31.8 Å². The molecule has 2 rings (SSSR count). The Bertz CT molecular complexity index is 942. The van der Waals surface area contributed by atoms with Gasteiger partial charge < -0.3 is 24.3 Å². The van der Waals surface area contributed by atoms with Crippen molar-refractivity contribution in [2.24, 2.45) is 0 Å². The molecule has 154 valence electrons. The van der Waals surface area contributed by atoms with Gasteiger partial charge in [-0.3, -0.25) is 14.9 Å². The number of ether oxygens (including phenoxy) is 4. The van der Waals surface area contributed by atoms with Crippen molar-refractivity contribution < 1.29 is 33.5 Å². The van der Waals surface area contributed by atoms with Crippen LogP contribution in [0.5, 0.6) is 17.2 Å². The predicted octanol–water partition coefficient (Wildman–Crippen LogP) is 2.72. The molecule has 10 heteroatoms. The minimum Gasteiger partial charge on any atom is -0.493 e. The van der Waals surface area contributed by atoms with E-state index in [1.54, 1.807) is 13.0 Å². The maximum Gasteiger partial charge on any atom is 0.338 e. The molecule has 1 N–H and O–H groups in total. The fourth-order valence-electron chi connectivity index (χ4n) is 2.48. The first-order chi connectivity index (χ1) is 13.8. The number of benzene rings is 2. The van der Waals surface area contributed by atoms with Gasteiger partial charge in [0.2, 0.25) is 0 Å². The lowest BCUT2D eigenvalue weighted by Crippen LogP contribution is -2.21. The van der Waals surface area contributed by atoms with Crippen molar-refractivity contribution in [3.63, 3.8) is 0 Å². The standard InChI is InChI=1S/C19H20N2O8/c1-11-7-14(21(24)25)16(27-3)9-13(11)20-18(22)10-29-19(23)12-5-6-15(26-2)17(8-12)28-4/h5-9H,10H2,1-4H3,(H,20,22). The Balaban J connectivity index is 2.05. The van der Waals surface area contributed by atoms with Gasteiger partial charge in [-0.25, -0.2) is 4.79 Å². The molecule has 2 aromatic rings. The van der Waals surface area contributed by atoms with Crippen LogP contribution in [0.1, 0.15) is 15.9 Å². The Morgan fingerprint density at radius 3 is 2.24 bits per heavy atom. The Labute approximate surface area is 166 Å². The normalized spacial score (nSPS) is 10.1. The van der Waals surface area contributed by atoms with Crippen molar-refractivity contribution in [1.29, 1.82) is 0 Å². The molecule has 0 aliphatic carbocycles. The van der Waals surface area contributed by atoms with Crippen molar-refractivity contribution in [3.05, 3.63) is 51.6 Å². The van der Waals surface area contributed by atoms with Gasteiger partial charge in [-0.15, -0.1) is 0 Å². The average Bonchev–Trinajstić information content (AvgIpc) is 2.72. The molecular weight excluding hydrogens is 384 g/mol. The molecule has 0 aliphatic rings. The number of nitrogens with one attached hydrogen (secondary N) is 1. The number of rotatable bonds is 8. The van der Waals surface area contributed by atoms with Crippen LogP contribution in [-0.4, -0.2) is 44.7 Å². The van der Waals surface area contributed by atoms with Crippen LogP contribution in [-0.2, 0) is 9.53 Å². The zero-order valence-corrected chi connectivity index (χ0v) is 16.3. The summed E-state index contributed by atoms with van der Waals surface area (Å²) in [6.45, 7) is 1.05. The maximum atomic E-state index is 12.2. The highest BCUT2D eigenvalue weighted by molar-refractivity contribution is 5.96. The second-order valence-electron chi connectivity index (χ2n) is 5.79. The summed E-state index contributed by atoms with van der Waals surface area (Å²) < 4.78 is 20.2. The quantitative estimate of drug-likeness (QED) is 0.404. The average molecular weight is 404 g/mol. The molecule has 29 heavy (non-hydrogen) atoms. The van der Waals surface area contributed by atoms with Crippen LogP contribution in [0.15, 0.2) is 30.3 Å². The third kappa shape index (κ3) is 5.12. The van der Waals surface area contributed by atoms with E-state index in [-0.39, 0.29) is 17.0 Å². The molecule has 2 aromatic carbocycles. The number of anilines is 1. The molecule has 0 saturated carbocycles. The molecule has 0 aromatic heterocycles. The number of carbonyl (C=O) groups excluding carboxylic acids is 2. The van der Waals surface area contributed by atoms with E-state index in [0.29, 0.717) is 22.7 Å². The Kier molecular flexibility index (Phi) is 6.96. The molecule has 0 saturated heterocycles. The van der Waals surface area contributed by atoms with E-state index >= 15 is 0 Å². The van der Waals surface area contributed by atoms with Crippen LogP contribution < -0.4 is 19.5 Å². The van der Waals surface area contributed by atoms with E-state index < -0.39 is 23.4 Å². The summed E-state index contributed by atoms with van der Waals surface area (Å²) >= 11 is 0. The van der Waals surface area contributed by atoms with E-state index in [1.165, 1.54) is 45.6 Å². The number of hydrogen-bond donors (Lipinski definition) is 1. The zero-order chi connectivity index (χ0) is 21.6. The lowest BCUT2D eigenvalue weighted by atomic mass is 10.1. The van der Waals surface area contributed by atoms with Crippen molar-refractivity contribution in [3.8, 4) is 17.2 Å². The maximum absolute atomic E-state index is 12.2. The Hall–Kier alpha value is -3.82. The minimum absolute atomic E-state index is 0.00165. The second kappa shape index (κ2) is 9.40. The molecule has 10 nitrogen and oxygen atoms in total. The van der Waals surface area contributed by atoms with Crippen LogP contribution in [0.3, 0.4) is 0 Å². The van der Waals surface area contributed by atoms with Gasteiger partial charge in [0.15, 0.2) is 23.9 Å². The molecule has 1 amide bonds. The van der Waals surface area contributed by atoms with Crippen molar-refractivity contribution in [2.45, 2.75) is 6.92 Å². The summed E-state index contributed by atoms with van der Waals surface area (Å²) in [7, 11) is 4.19. The highest BCUT2D eigenvalue weighted by Crippen LogP contribution is 2.32. The molecule has 0 heterocycles. The van der Waals surface area contributed by atoms with Crippen molar-refractivity contribution in [2.75, 3.05) is 33.3 Å². The first-order valence-electron chi connectivity index (χ1n) is 8.32. The highest BCUT2D eigenvalue weighted by atomic mass is 16.6. The molecular formula is C19H20N2O8. The summed E-state index contributed by atoms with van der Waals surface area (Å²) in [6.07, 6.45) is 0. The fraction of sp³-hybridized carbons (Fsp3) is 0.263. The van der Waals surface area contributed by atoms with Gasteiger partial charge in [-0.2, -0.15) is 0 Å². The second-order valence-corrected chi connectivity index (χ2v) is 5.79.